The lowest BCUT2D eigenvalue weighted by Gasteiger charge is -2.01. The summed E-state index contributed by atoms with van der Waals surface area (Å²) in [5.74, 6) is -0.197. The lowest BCUT2D eigenvalue weighted by molar-refractivity contribution is -0.384. The number of aryl methyl sites for hydroxylation is 1. The summed E-state index contributed by atoms with van der Waals surface area (Å²) in [6, 6.07) is 8.95. The molecule has 1 aromatic carbocycles. The number of carbonyl (C=O) groups excluding carboxylic acids is 1. The van der Waals surface area contributed by atoms with Crippen molar-refractivity contribution in [3.05, 3.63) is 69.5 Å². The maximum atomic E-state index is 12.0. The summed E-state index contributed by atoms with van der Waals surface area (Å²) >= 11 is 0. The number of carbonyl (C=O) groups is 1. The van der Waals surface area contributed by atoms with Crippen molar-refractivity contribution in [3.8, 4) is 0 Å². The predicted octanol–water partition coefficient (Wildman–Crippen LogP) is 2.53. The van der Waals surface area contributed by atoms with Crippen LogP contribution in [0.2, 0.25) is 0 Å². The van der Waals surface area contributed by atoms with Gasteiger partial charge in [-0.05, 0) is 31.2 Å². The van der Waals surface area contributed by atoms with Gasteiger partial charge in [0.1, 0.15) is 0 Å². The van der Waals surface area contributed by atoms with Gasteiger partial charge in [-0.15, -0.1) is 0 Å². The minimum atomic E-state index is -0.498. The molecule has 0 aliphatic rings. The number of nitrogens with zero attached hydrogens (tertiary/aromatic N) is 2. The zero-order valence-corrected chi connectivity index (χ0v) is 9.66. The molecule has 1 aromatic heterocycles. The van der Waals surface area contributed by atoms with Crippen molar-refractivity contribution in [2.24, 2.45) is 0 Å². The van der Waals surface area contributed by atoms with Gasteiger partial charge in [-0.25, -0.2) is 0 Å². The molecule has 0 fully saturated rings. The summed E-state index contributed by atoms with van der Waals surface area (Å²) in [4.78, 5) is 26.1. The molecule has 0 bridgehead atoms. The molecule has 2 aromatic rings. The van der Waals surface area contributed by atoms with E-state index in [0.29, 0.717) is 11.1 Å². The summed E-state index contributed by atoms with van der Waals surface area (Å²) in [5, 5.41) is 10.5. The number of hydrogen-bond donors (Lipinski definition) is 0. The van der Waals surface area contributed by atoms with Crippen molar-refractivity contribution in [1.82, 2.24) is 4.98 Å². The number of non-ortho nitro benzene ring substituents is 1. The normalized spacial score (nSPS) is 10.1. The zero-order chi connectivity index (χ0) is 13.1. The lowest BCUT2D eigenvalue weighted by Crippen LogP contribution is -2.02. The van der Waals surface area contributed by atoms with E-state index in [1.165, 1.54) is 30.5 Å². The summed E-state index contributed by atoms with van der Waals surface area (Å²) < 4.78 is 0. The van der Waals surface area contributed by atoms with Crippen LogP contribution in [0.15, 0.2) is 42.6 Å². The van der Waals surface area contributed by atoms with Gasteiger partial charge in [0.2, 0.25) is 0 Å². The Bertz CT molecular complexity index is 589. The number of nitro groups is 1. The van der Waals surface area contributed by atoms with Crippen molar-refractivity contribution in [2.75, 3.05) is 0 Å². The van der Waals surface area contributed by atoms with Gasteiger partial charge >= 0.3 is 0 Å². The Kier molecular flexibility index (Phi) is 3.14. The molecule has 0 aliphatic heterocycles. The summed E-state index contributed by atoms with van der Waals surface area (Å²) in [5.41, 5.74) is 1.67. The fourth-order valence-corrected chi connectivity index (χ4v) is 1.50. The topological polar surface area (TPSA) is 73.1 Å². The van der Waals surface area contributed by atoms with Gasteiger partial charge in [-0.2, -0.15) is 0 Å². The molecule has 0 unspecified atom stereocenters. The van der Waals surface area contributed by atoms with Crippen molar-refractivity contribution in [3.63, 3.8) is 0 Å². The Balaban J connectivity index is 2.28. The summed E-state index contributed by atoms with van der Waals surface area (Å²) in [6.07, 6.45) is 1.50. The molecule has 90 valence electrons. The first kappa shape index (κ1) is 11.9. The van der Waals surface area contributed by atoms with Crippen LogP contribution in [0.3, 0.4) is 0 Å². The van der Waals surface area contributed by atoms with Gasteiger partial charge in [0.05, 0.1) is 4.92 Å². The van der Waals surface area contributed by atoms with E-state index < -0.39 is 4.92 Å². The lowest BCUT2D eigenvalue weighted by atomic mass is 10.0. The summed E-state index contributed by atoms with van der Waals surface area (Å²) in [7, 11) is 0. The van der Waals surface area contributed by atoms with E-state index in [-0.39, 0.29) is 11.5 Å². The second-order valence-electron chi connectivity index (χ2n) is 3.82. The third-order valence-corrected chi connectivity index (χ3v) is 2.51. The quantitative estimate of drug-likeness (QED) is 0.471. The monoisotopic (exact) mass is 242 g/mol. The van der Waals surface area contributed by atoms with Crippen LogP contribution in [0.5, 0.6) is 0 Å². The maximum Gasteiger partial charge on any atom is 0.269 e. The molecule has 1 heterocycles. The largest absolute Gasteiger partial charge is 0.289 e. The number of ketones is 1. The van der Waals surface area contributed by atoms with E-state index in [1.807, 2.05) is 6.92 Å². The van der Waals surface area contributed by atoms with Gasteiger partial charge in [-0.3, -0.25) is 19.9 Å². The second kappa shape index (κ2) is 4.75. The minimum Gasteiger partial charge on any atom is -0.289 e. The molecule has 2 rings (SSSR count). The molecule has 0 aliphatic carbocycles. The molecule has 0 amide bonds. The van der Waals surface area contributed by atoms with Crippen molar-refractivity contribution in [2.45, 2.75) is 6.92 Å². The molecular formula is C13H10N2O3. The first-order valence-electron chi connectivity index (χ1n) is 5.30. The fraction of sp³-hybridized carbons (Fsp3) is 0.0769. The Morgan fingerprint density at radius 2 is 1.72 bits per heavy atom. The van der Waals surface area contributed by atoms with Crippen molar-refractivity contribution >= 4 is 11.5 Å². The molecule has 0 atom stereocenters. The average Bonchev–Trinajstić information content (AvgIpc) is 2.39. The highest BCUT2D eigenvalue weighted by Gasteiger charge is 2.11. The Hall–Kier alpha value is -2.56. The SMILES string of the molecule is Cc1ccc(C(=O)c2ccc([N+](=O)[O-])cc2)cn1. The molecule has 5 heteroatoms. The van der Waals surface area contributed by atoms with Gasteiger partial charge in [0.25, 0.3) is 5.69 Å². The predicted molar refractivity (Wildman–Crippen MR) is 65.5 cm³/mol. The molecule has 0 saturated heterocycles. The number of pyridine rings is 1. The number of benzene rings is 1. The van der Waals surface area contributed by atoms with E-state index in [2.05, 4.69) is 4.98 Å². The maximum absolute atomic E-state index is 12.0. The minimum absolute atomic E-state index is 0.0337. The van der Waals surface area contributed by atoms with Crippen LogP contribution in [0, 0.1) is 17.0 Å². The van der Waals surface area contributed by atoms with Crippen LogP contribution in [-0.2, 0) is 0 Å². The van der Waals surface area contributed by atoms with Crippen LogP contribution in [-0.4, -0.2) is 15.7 Å². The van der Waals surface area contributed by atoms with Crippen molar-refractivity contribution < 1.29 is 9.72 Å². The average molecular weight is 242 g/mol. The number of nitro benzene ring substituents is 1. The third kappa shape index (κ3) is 2.40. The number of rotatable bonds is 3. The van der Waals surface area contributed by atoms with Crippen molar-refractivity contribution in [1.29, 1.82) is 0 Å². The third-order valence-electron chi connectivity index (χ3n) is 2.51. The zero-order valence-electron chi connectivity index (χ0n) is 9.66. The van der Waals surface area contributed by atoms with E-state index in [9.17, 15) is 14.9 Å². The Morgan fingerprint density at radius 3 is 2.22 bits per heavy atom. The van der Waals surface area contributed by atoms with Gasteiger partial charge in [-0.1, -0.05) is 0 Å². The number of aromatic nitrogens is 1. The van der Waals surface area contributed by atoms with E-state index in [4.69, 9.17) is 0 Å². The van der Waals surface area contributed by atoms with Crippen LogP contribution in [0.25, 0.3) is 0 Å². The van der Waals surface area contributed by atoms with Gasteiger partial charge in [0, 0.05) is 35.2 Å². The van der Waals surface area contributed by atoms with Crippen LogP contribution in [0.4, 0.5) is 5.69 Å². The first-order valence-corrected chi connectivity index (χ1v) is 5.30. The Labute approximate surface area is 103 Å². The van der Waals surface area contributed by atoms with E-state index in [0.717, 1.165) is 5.69 Å². The second-order valence-corrected chi connectivity index (χ2v) is 3.82. The molecule has 0 spiro atoms. The highest BCUT2D eigenvalue weighted by Crippen LogP contribution is 2.15. The van der Waals surface area contributed by atoms with E-state index in [1.54, 1.807) is 12.1 Å². The highest BCUT2D eigenvalue weighted by atomic mass is 16.6. The molecule has 0 N–H and O–H groups in total. The summed E-state index contributed by atoms with van der Waals surface area (Å²) in [6.45, 7) is 1.83. The molecule has 0 radical (unpaired) electrons. The smallest absolute Gasteiger partial charge is 0.269 e. The molecule has 0 saturated carbocycles. The molecule has 5 nitrogen and oxygen atoms in total. The van der Waals surface area contributed by atoms with E-state index >= 15 is 0 Å². The fourth-order valence-electron chi connectivity index (χ4n) is 1.50. The van der Waals surface area contributed by atoms with Gasteiger partial charge in [0.15, 0.2) is 5.78 Å². The first-order chi connectivity index (χ1) is 8.58. The van der Waals surface area contributed by atoms with Crippen LogP contribution in [0.1, 0.15) is 21.6 Å². The molecular weight excluding hydrogens is 232 g/mol. The Morgan fingerprint density at radius 1 is 1.11 bits per heavy atom. The molecule has 18 heavy (non-hydrogen) atoms. The highest BCUT2D eigenvalue weighted by molar-refractivity contribution is 6.08. The standard InChI is InChI=1S/C13H10N2O3/c1-9-2-3-11(8-14-9)13(16)10-4-6-12(7-5-10)15(17)18/h2-8H,1H3. The van der Waals surface area contributed by atoms with Gasteiger partial charge < -0.3 is 0 Å². The van der Waals surface area contributed by atoms with Crippen LogP contribution >= 0.6 is 0 Å². The number of hydrogen-bond acceptors (Lipinski definition) is 4. The van der Waals surface area contributed by atoms with Crippen LogP contribution < -0.4 is 0 Å².